The van der Waals surface area contributed by atoms with E-state index in [0.29, 0.717) is 18.4 Å². The fourth-order valence-electron chi connectivity index (χ4n) is 3.31. The normalized spacial score (nSPS) is 13.2. The van der Waals surface area contributed by atoms with Gasteiger partial charge in [-0.2, -0.15) is 0 Å². The van der Waals surface area contributed by atoms with Crippen LogP contribution in [0.2, 0.25) is 5.02 Å². The van der Waals surface area contributed by atoms with Gasteiger partial charge in [-0.1, -0.05) is 11.6 Å². The van der Waals surface area contributed by atoms with Gasteiger partial charge in [0.05, 0.1) is 22.5 Å². The minimum absolute atomic E-state index is 0.0650. The van der Waals surface area contributed by atoms with Crippen molar-refractivity contribution in [2.45, 2.75) is 12.8 Å². The smallest absolute Gasteiger partial charge is 0.262 e. The van der Waals surface area contributed by atoms with Gasteiger partial charge in [0.25, 0.3) is 5.91 Å². The molecule has 4 nitrogen and oxygen atoms in total. The predicted molar refractivity (Wildman–Crippen MR) is 102 cm³/mol. The molecular formula is C21H14ClF3N2O2. The highest BCUT2D eigenvalue weighted by Gasteiger charge is 2.29. The first kappa shape index (κ1) is 19.3. The Hall–Kier alpha value is -3.06. The quantitative estimate of drug-likeness (QED) is 0.561. The second-order valence-electron chi connectivity index (χ2n) is 6.51. The molecule has 1 aliphatic rings. The molecule has 1 aliphatic heterocycles. The van der Waals surface area contributed by atoms with Crippen molar-refractivity contribution >= 4 is 23.2 Å². The number of aryl methyl sites for hydroxylation is 1. The van der Waals surface area contributed by atoms with Crippen LogP contribution in [0.3, 0.4) is 0 Å². The molecule has 1 amide bonds. The van der Waals surface area contributed by atoms with Crippen molar-refractivity contribution in [1.29, 1.82) is 0 Å². The first-order chi connectivity index (χ1) is 13.9. The van der Waals surface area contributed by atoms with Crippen LogP contribution in [-0.2, 0) is 6.42 Å². The fourth-order valence-corrected chi connectivity index (χ4v) is 3.48. The van der Waals surface area contributed by atoms with Gasteiger partial charge in [0, 0.05) is 24.9 Å². The van der Waals surface area contributed by atoms with E-state index < -0.39 is 23.4 Å². The zero-order valence-electron chi connectivity index (χ0n) is 15.0. The molecule has 148 valence electrons. The van der Waals surface area contributed by atoms with E-state index in [-0.39, 0.29) is 34.3 Å². The summed E-state index contributed by atoms with van der Waals surface area (Å²) < 4.78 is 47.1. The summed E-state index contributed by atoms with van der Waals surface area (Å²) in [6, 6.07) is 7.22. The second kappa shape index (κ2) is 7.75. The Kier molecular flexibility index (Phi) is 5.15. The highest BCUT2D eigenvalue weighted by Crippen LogP contribution is 2.34. The van der Waals surface area contributed by atoms with E-state index in [2.05, 4.69) is 4.98 Å². The predicted octanol–water partition coefficient (Wildman–Crippen LogP) is 5.54. The van der Waals surface area contributed by atoms with E-state index in [9.17, 15) is 18.0 Å². The van der Waals surface area contributed by atoms with Crippen LogP contribution in [0, 0.1) is 17.5 Å². The number of aromatic nitrogens is 1. The summed E-state index contributed by atoms with van der Waals surface area (Å²) in [7, 11) is 0. The molecule has 2 heterocycles. The second-order valence-corrected chi connectivity index (χ2v) is 6.91. The molecule has 1 aromatic heterocycles. The van der Waals surface area contributed by atoms with Crippen molar-refractivity contribution in [3.05, 3.63) is 82.4 Å². The van der Waals surface area contributed by atoms with Crippen LogP contribution in [0.15, 0.2) is 48.8 Å². The Morgan fingerprint density at radius 2 is 1.93 bits per heavy atom. The number of anilines is 1. The Balaban J connectivity index is 1.70. The number of fused-ring (bicyclic) bond motifs is 1. The van der Waals surface area contributed by atoms with Crippen LogP contribution in [0.25, 0.3) is 0 Å². The SMILES string of the molecule is O=C(c1ccncc1Oc1ccc(F)c(Cl)c1)N1CCCc2cc(F)cc(F)c21. The number of pyridine rings is 1. The zero-order chi connectivity index (χ0) is 20.5. The molecule has 0 saturated heterocycles. The maximum absolute atomic E-state index is 14.5. The highest BCUT2D eigenvalue weighted by atomic mass is 35.5. The maximum Gasteiger partial charge on any atom is 0.262 e. The summed E-state index contributed by atoms with van der Waals surface area (Å²) >= 11 is 5.77. The minimum Gasteiger partial charge on any atom is -0.455 e. The number of carbonyl (C=O) groups is 1. The van der Waals surface area contributed by atoms with Crippen molar-refractivity contribution in [3.8, 4) is 11.5 Å². The van der Waals surface area contributed by atoms with Gasteiger partial charge >= 0.3 is 0 Å². The summed E-state index contributed by atoms with van der Waals surface area (Å²) in [6.45, 7) is 0.276. The highest BCUT2D eigenvalue weighted by molar-refractivity contribution is 6.30. The first-order valence-corrected chi connectivity index (χ1v) is 9.18. The zero-order valence-corrected chi connectivity index (χ0v) is 15.7. The molecule has 0 aliphatic carbocycles. The third-order valence-electron chi connectivity index (χ3n) is 4.58. The number of benzene rings is 2. The van der Waals surface area contributed by atoms with Gasteiger partial charge in [-0.05, 0) is 42.7 Å². The molecule has 8 heteroatoms. The Bertz CT molecular complexity index is 1110. The van der Waals surface area contributed by atoms with E-state index in [4.69, 9.17) is 16.3 Å². The number of halogens is 4. The van der Waals surface area contributed by atoms with E-state index >= 15 is 0 Å². The van der Waals surface area contributed by atoms with Gasteiger partial charge in [0.15, 0.2) is 5.75 Å². The van der Waals surface area contributed by atoms with Gasteiger partial charge in [-0.3, -0.25) is 9.78 Å². The molecular weight excluding hydrogens is 405 g/mol. The fraction of sp³-hybridized carbons (Fsp3) is 0.143. The molecule has 0 radical (unpaired) electrons. The van der Waals surface area contributed by atoms with E-state index in [1.807, 2.05) is 0 Å². The molecule has 0 spiro atoms. The van der Waals surface area contributed by atoms with Gasteiger partial charge in [-0.25, -0.2) is 13.2 Å². The molecule has 29 heavy (non-hydrogen) atoms. The summed E-state index contributed by atoms with van der Waals surface area (Å²) in [4.78, 5) is 18.4. The third-order valence-corrected chi connectivity index (χ3v) is 4.87. The van der Waals surface area contributed by atoms with Crippen LogP contribution in [0.4, 0.5) is 18.9 Å². The molecule has 0 N–H and O–H groups in total. The summed E-state index contributed by atoms with van der Waals surface area (Å²) in [5, 5.41) is -0.131. The van der Waals surface area contributed by atoms with Crippen LogP contribution in [-0.4, -0.2) is 17.4 Å². The number of amides is 1. The van der Waals surface area contributed by atoms with Crippen LogP contribution < -0.4 is 9.64 Å². The number of rotatable bonds is 3. The van der Waals surface area contributed by atoms with Gasteiger partial charge in [0.2, 0.25) is 0 Å². The standard InChI is InChI=1S/C21H14ClF3N2O2/c22-16-10-14(3-4-17(16)24)29-19-11-26-6-5-15(19)21(28)27-7-1-2-12-8-13(23)9-18(25)20(12)27/h3-6,8-11H,1-2,7H2. The lowest BCUT2D eigenvalue weighted by molar-refractivity contribution is 0.0981. The first-order valence-electron chi connectivity index (χ1n) is 8.81. The maximum atomic E-state index is 14.5. The minimum atomic E-state index is -0.796. The number of ether oxygens (including phenoxy) is 1. The van der Waals surface area contributed by atoms with Gasteiger partial charge in [0.1, 0.15) is 23.2 Å². The summed E-state index contributed by atoms with van der Waals surface area (Å²) in [5.74, 6) is -2.27. The van der Waals surface area contributed by atoms with Gasteiger partial charge < -0.3 is 9.64 Å². The largest absolute Gasteiger partial charge is 0.455 e. The van der Waals surface area contributed by atoms with Crippen LogP contribution >= 0.6 is 11.6 Å². The van der Waals surface area contributed by atoms with Crippen molar-refractivity contribution in [2.75, 3.05) is 11.4 Å². The van der Waals surface area contributed by atoms with Crippen molar-refractivity contribution in [2.24, 2.45) is 0 Å². The average molecular weight is 419 g/mol. The van der Waals surface area contributed by atoms with Crippen molar-refractivity contribution in [3.63, 3.8) is 0 Å². The topological polar surface area (TPSA) is 42.4 Å². The molecule has 0 saturated carbocycles. The molecule has 3 aromatic rings. The van der Waals surface area contributed by atoms with Crippen LogP contribution in [0.5, 0.6) is 11.5 Å². The summed E-state index contributed by atoms with van der Waals surface area (Å²) in [5.41, 5.74) is 0.635. The van der Waals surface area contributed by atoms with Crippen molar-refractivity contribution < 1.29 is 22.7 Å². The molecule has 2 aromatic carbocycles. The Labute approximate surface area is 169 Å². The van der Waals surface area contributed by atoms with E-state index in [0.717, 1.165) is 12.1 Å². The molecule has 0 bridgehead atoms. The molecule has 0 fully saturated rings. The number of nitrogens with zero attached hydrogens (tertiary/aromatic N) is 2. The van der Waals surface area contributed by atoms with E-state index in [1.165, 1.54) is 41.6 Å². The average Bonchev–Trinajstić information content (AvgIpc) is 2.70. The summed E-state index contributed by atoms with van der Waals surface area (Å²) in [6.07, 6.45) is 3.78. The molecule has 0 unspecified atom stereocenters. The Morgan fingerprint density at radius 3 is 2.72 bits per heavy atom. The molecule has 4 rings (SSSR count). The van der Waals surface area contributed by atoms with E-state index in [1.54, 1.807) is 0 Å². The lowest BCUT2D eigenvalue weighted by atomic mass is 10.00. The monoisotopic (exact) mass is 418 g/mol. The number of hydrogen-bond donors (Lipinski definition) is 0. The number of carbonyl (C=O) groups excluding carboxylic acids is 1. The molecule has 0 atom stereocenters. The number of hydrogen-bond acceptors (Lipinski definition) is 3. The van der Waals surface area contributed by atoms with Crippen LogP contribution in [0.1, 0.15) is 22.3 Å². The van der Waals surface area contributed by atoms with Crippen molar-refractivity contribution in [1.82, 2.24) is 4.98 Å². The Morgan fingerprint density at radius 1 is 1.10 bits per heavy atom. The lowest BCUT2D eigenvalue weighted by Crippen LogP contribution is -2.36. The van der Waals surface area contributed by atoms with Gasteiger partial charge in [-0.15, -0.1) is 0 Å². The lowest BCUT2D eigenvalue weighted by Gasteiger charge is -2.30. The third kappa shape index (κ3) is 3.78.